The summed E-state index contributed by atoms with van der Waals surface area (Å²) in [4.78, 5) is 61.2. The van der Waals surface area contributed by atoms with Crippen LogP contribution in [0.25, 0.3) is 17.2 Å². The van der Waals surface area contributed by atoms with Gasteiger partial charge in [0.1, 0.15) is 33.1 Å². The Kier molecular flexibility index (Phi) is 14.5. The molecule has 5 aromatic carbocycles. The van der Waals surface area contributed by atoms with Gasteiger partial charge < -0.3 is 19.3 Å². The number of carboxylic acids is 1. The number of nitrogens with one attached hydrogen (secondary N) is 4. The molecule has 0 heterocycles. The summed E-state index contributed by atoms with van der Waals surface area (Å²) < 4.78 is 120. The largest absolute Gasteiger partial charge is 0.495 e. The van der Waals surface area contributed by atoms with Gasteiger partial charge in [0, 0.05) is 0 Å². The van der Waals surface area contributed by atoms with Crippen LogP contribution in [0, 0.1) is 0 Å². The first-order valence-corrected chi connectivity index (χ1v) is 24.4. The number of carbonyl (C=O) groups excluding carboxylic acids is 2. The first kappa shape index (κ1) is 51.8. The molecule has 376 valence electrons. The first-order valence-electron chi connectivity index (χ1n) is 20.1. The van der Waals surface area contributed by atoms with Crippen molar-refractivity contribution >= 4 is 88.1 Å². The monoisotopic (exact) mass is 1060 g/mol. The number of aliphatic carboxylic acids is 1. The molecule has 73 heavy (non-hydrogen) atoms. The number of hydrazone groups is 2. The molecule has 0 bridgehead atoms. The normalized spacial score (nSPS) is 15.4. The van der Waals surface area contributed by atoms with Crippen LogP contribution in [0.1, 0.15) is 15.9 Å². The highest BCUT2D eigenvalue weighted by atomic mass is 32.2. The molecule has 0 spiro atoms. The lowest BCUT2D eigenvalue weighted by atomic mass is 9.93. The maximum Gasteiger partial charge on any atom is 0.339 e. The minimum absolute atomic E-state index is 0.0233. The van der Waals surface area contributed by atoms with Gasteiger partial charge in [0.2, 0.25) is 16.6 Å². The Hall–Kier alpha value is -9.00. The number of ketones is 2. The second-order valence-corrected chi connectivity index (χ2v) is 19.1. The molecule has 2 aliphatic rings. The predicted molar refractivity (Wildman–Crippen MR) is 260 cm³/mol. The number of allylic oxidation sites excluding steroid dienone is 4. The number of fused-ring (bicyclic) bond motifs is 1. The summed E-state index contributed by atoms with van der Waals surface area (Å²) in [6.45, 7) is 0. The zero-order valence-electron chi connectivity index (χ0n) is 37.3. The molecule has 5 aromatic rings. The molecule has 0 radical (unpaired) electrons. The van der Waals surface area contributed by atoms with E-state index in [4.69, 9.17) is 14.2 Å². The van der Waals surface area contributed by atoms with E-state index in [9.17, 15) is 68.0 Å². The number of benzene rings is 5. The van der Waals surface area contributed by atoms with E-state index in [0.29, 0.717) is 35.0 Å². The van der Waals surface area contributed by atoms with Crippen molar-refractivity contribution in [3.05, 3.63) is 150 Å². The first-order chi connectivity index (χ1) is 34.4. The third-order valence-corrected chi connectivity index (χ3v) is 12.9. The van der Waals surface area contributed by atoms with Gasteiger partial charge in [-0.3, -0.25) is 54.5 Å². The van der Waals surface area contributed by atoms with Crippen LogP contribution in [-0.4, -0.2) is 94.3 Å². The number of methoxy groups -OCH3 is 3. The predicted octanol–water partition coefficient (Wildman–Crippen LogP) is 2.14. The number of anilines is 4. The lowest BCUT2D eigenvalue weighted by Crippen LogP contribution is -2.48. The van der Waals surface area contributed by atoms with Crippen molar-refractivity contribution in [3.8, 4) is 28.4 Å². The Morgan fingerprint density at radius 1 is 0.562 bits per heavy atom. The summed E-state index contributed by atoms with van der Waals surface area (Å²) >= 11 is 0. The molecule has 0 unspecified atom stereocenters. The molecule has 7 rings (SSSR count). The summed E-state index contributed by atoms with van der Waals surface area (Å²) in [5, 5.41) is 23.7. The number of hydrogen-bond acceptors (Lipinski definition) is 22. The summed E-state index contributed by atoms with van der Waals surface area (Å²) in [6, 6.07) is 15.7. The number of hydrogen-bond donors (Lipinski definition) is 8. The molecular formula is C44H34N8O18S3. The zero-order valence-corrected chi connectivity index (χ0v) is 39.8. The van der Waals surface area contributed by atoms with Crippen molar-refractivity contribution in [1.29, 1.82) is 0 Å². The highest BCUT2D eigenvalue weighted by Crippen LogP contribution is 2.37. The molecule has 26 nitrogen and oxygen atoms in total. The van der Waals surface area contributed by atoms with E-state index >= 15 is 0 Å². The van der Waals surface area contributed by atoms with Gasteiger partial charge in [-0.05, 0) is 108 Å². The molecule has 0 saturated carbocycles. The number of nitrogens with zero attached hydrogens (tertiary/aromatic N) is 4. The molecular weight excluding hydrogens is 1020 g/mol. The highest BCUT2D eigenvalue weighted by Gasteiger charge is 2.36. The molecule has 0 fully saturated rings. The van der Waals surface area contributed by atoms with E-state index in [1.807, 2.05) is 0 Å². The topological polar surface area (TPSA) is 394 Å². The lowest BCUT2D eigenvalue weighted by molar-refractivity contribution is -0.134. The van der Waals surface area contributed by atoms with Crippen molar-refractivity contribution in [1.82, 2.24) is 0 Å². The average molecular weight is 1060 g/mol. The van der Waals surface area contributed by atoms with E-state index in [1.54, 1.807) is 24.3 Å². The van der Waals surface area contributed by atoms with Gasteiger partial charge in [-0.1, -0.05) is 12.1 Å². The van der Waals surface area contributed by atoms with Gasteiger partial charge in [-0.25, -0.2) is 4.79 Å². The lowest BCUT2D eigenvalue weighted by Gasteiger charge is -2.20. The van der Waals surface area contributed by atoms with Crippen molar-refractivity contribution in [2.24, 2.45) is 20.4 Å². The summed E-state index contributed by atoms with van der Waals surface area (Å²) in [5.74, 6) is -3.04. The van der Waals surface area contributed by atoms with Gasteiger partial charge in [-0.2, -0.15) is 45.7 Å². The summed E-state index contributed by atoms with van der Waals surface area (Å²) in [6.07, 6.45) is 4.18. The van der Waals surface area contributed by atoms with E-state index in [-0.39, 0.29) is 34.3 Å². The minimum Gasteiger partial charge on any atom is -0.495 e. The second-order valence-electron chi connectivity index (χ2n) is 14.9. The maximum absolute atomic E-state index is 14.3. The van der Waals surface area contributed by atoms with Crippen molar-refractivity contribution in [2.75, 3.05) is 43.0 Å². The van der Waals surface area contributed by atoms with Crippen molar-refractivity contribution in [3.63, 3.8) is 0 Å². The van der Waals surface area contributed by atoms with Crippen LogP contribution in [0.3, 0.4) is 0 Å². The Morgan fingerprint density at radius 2 is 1.14 bits per heavy atom. The van der Waals surface area contributed by atoms with Crippen LogP contribution in [-0.2, 0) is 39.9 Å². The zero-order chi connectivity index (χ0) is 53.2. The van der Waals surface area contributed by atoms with E-state index in [1.165, 1.54) is 39.5 Å². The van der Waals surface area contributed by atoms with Crippen molar-refractivity contribution in [2.45, 2.75) is 9.79 Å². The SMILES string of the molecule is COc1cc(-c2ccc(N/N=C3/C(=O)c4c(cc(S(=O)(=O)O)cc4N/N=c4\ccc(=O)/c(=N\Nc5cc(S(=O)(=O)O)ccc5OC)c4=O)C=C3S(=O)(=O)O)c(OC)c2)ccc1N/N=C1/C=CC(=O)C(C(=O)O)=C1. The number of rotatable bonds is 16. The van der Waals surface area contributed by atoms with Gasteiger partial charge in [0.05, 0.1) is 65.1 Å². The van der Waals surface area contributed by atoms with E-state index in [0.717, 1.165) is 42.5 Å². The van der Waals surface area contributed by atoms with Gasteiger partial charge in [0.25, 0.3) is 30.4 Å². The van der Waals surface area contributed by atoms with E-state index < -0.39 is 112 Å². The Bertz CT molecular complexity index is 3970. The van der Waals surface area contributed by atoms with Crippen LogP contribution in [0.4, 0.5) is 22.7 Å². The third-order valence-electron chi connectivity index (χ3n) is 10.3. The van der Waals surface area contributed by atoms with Gasteiger partial charge in [-0.15, -0.1) is 0 Å². The van der Waals surface area contributed by atoms with E-state index in [2.05, 4.69) is 42.1 Å². The number of ether oxygens (including phenoxy) is 3. The van der Waals surface area contributed by atoms with Crippen LogP contribution in [0.15, 0.2) is 147 Å². The van der Waals surface area contributed by atoms with Crippen LogP contribution in [0.5, 0.6) is 17.2 Å². The maximum atomic E-state index is 14.3. The molecule has 0 atom stereocenters. The number of Topliss-reactive ketones (excluding diaryl/α,β-unsaturated/α-hetero) is 1. The summed E-state index contributed by atoms with van der Waals surface area (Å²) in [5.41, 5.74) is 6.19. The van der Waals surface area contributed by atoms with Gasteiger partial charge in [0.15, 0.2) is 16.9 Å². The second kappa shape index (κ2) is 20.4. The molecule has 29 heteroatoms. The Balaban J connectivity index is 1.22. The molecule has 0 aromatic heterocycles. The third kappa shape index (κ3) is 11.3. The average Bonchev–Trinajstić information content (AvgIpc) is 3.34. The number of carbonyl (C=O) groups is 3. The fourth-order valence-corrected chi connectivity index (χ4v) is 8.52. The molecule has 0 aliphatic heterocycles. The van der Waals surface area contributed by atoms with Crippen LogP contribution in [0.2, 0.25) is 0 Å². The van der Waals surface area contributed by atoms with Gasteiger partial charge >= 0.3 is 5.97 Å². The van der Waals surface area contributed by atoms with Crippen LogP contribution >= 0.6 is 0 Å². The molecule has 0 amide bonds. The van der Waals surface area contributed by atoms with Crippen molar-refractivity contribution < 1.29 is 72.6 Å². The standard InChI is InChI=1S/C44H34N8O18S3/c1-68-35-13-7-25(71(59,60)61)19-31(35)49-51-40-34(54)12-10-30(42(40)55)48-50-32-20-26(72(62,63)64)14-23-17-38(73(65,66)67)41(43(56)39(23)32)52-47-29-9-5-22(16-37(29)70-3)21-4-8-28(36(15-21)69-2)46-45-24-6-11-33(53)27(18-24)44(57)58/h4-20,46-47,49-50H,1-3H3,(H,57,58)(H,59,60,61)(H,62,63,64)(H,65,66,67)/b45-24-,48-30+,51-40+,52-41+. The highest BCUT2D eigenvalue weighted by molar-refractivity contribution is 7.91. The molecule has 0 saturated heterocycles. The summed E-state index contributed by atoms with van der Waals surface area (Å²) in [7, 11) is -11.3. The Morgan fingerprint density at radius 3 is 1.71 bits per heavy atom. The smallest absolute Gasteiger partial charge is 0.339 e. The minimum atomic E-state index is -5.34. The van der Waals surface area contributed by atoms with Crippen LogP contribution < -0.4 is 57.5 Å². The quantitative estimate of drug-likeness (QED) is 0.0304. The fraction of sp³-hybridized carbons (Fsp3) is 0.0682. The Labute approximate surface area is 410 Å². The molecule has 8 N–H and O–H groups in total. The fourth-order valence-electron chi connectivity index (χ4n) is 6.81. The molecule has 2 aliphatic carbocycles. The number of carboxylic acid groups (broad SMARTS) is 1.